The van der Waals surface area contributed by atoms with Gasteiger partial charge in [0.15, 0.2) is 0 Å². The number of nitrogens with zero attached hydrogens (tertiary/aromatic N) is 6. The van der Waals surface area contributed by atoms with Crippen molar-refractivity contribution in [1.29, 1.82) is 0 Å². The Kier molecular flexibility index (Phi) is 9.88. The minimum absolute atomic E-state index is 0.357. The highest BCUT2D eigenvalue weighted by Gasteiger charge is 2.40. The van der Waals surface area contributed by atoms with E-state index in [4.69, 9.17) is 14.5 Å². The smallest absolute Gasteiger partial charge is 0.229 e. The number of methoxy groups -OCH3 is 2. The summed E-state index contributed by atoms with van der Waals surface area (Å²) in [5.41, 5.74) is 4.63. The second kappa shape index (κ2) is 13.8. The van der Waals surface area contributed by atoms with Gasteiger partial charge in [-0.1, -0.05) is 0 Å². The minimum atomic E-state index is -2.74. The lowest BCUT2D eigenvalue weighted by molar-refractivity contribution is -0.0645. The number of benzene rings is 2. The molecule has 0 radical (unpaired) electrons. The fraction of sp³-hybridized carbons (Fsp3) is 0.471. The van der Waals surface area contributed by atoms with E-state index in [9.17, 15) is 4.57 Å². The fourth-order valence-electron chi connectivity index (χ4n) is 7.08. The summed E-state index contributed by atoms with van der Waals surface area (Å²) < 4.78 is 26.3. The van der Waals surface area contributed by atoms with Gasteiger partial charge in [-0.2, -0.15) is 4.98 Å². The molecule has 13 heteroatoms. The number of nitrogens with one attached hydrogen (secondary N) is 2. The van der Waals surface area contributed by atoms with E-state index >= 15 is 0 Å². The average molecular weight is 724 g/mol. The van der Waals surface area contributed by atoms with E-state index in [1.807, 2.05) is 19.2 Å². The molecule has 47 heavy (non-hydrogen) atoms. The molecule has 0 unspecified atom stereocenters. The fourth-order valence-corrected chi connectivity index (χ4v) is 8.76. The summed E-state index contributed by atoms with van der Waals surface area (Å²) >= 11 is 3.58. The van der Waals surface area contributed by atoms with E-state index in [0.717, 1.165) is 68.7 Å². The van der Waals surface area contributed by atoms with Gasteiger partial charge in [-0.25, -0.2) is 4.98 Å². The van der Waals surface area contributed by atoms with Crippen molar-refractivity contribution in [2.24, 2.45) is 0 Å². The second-order valence-electron chi connectivity index (χ2n) is 13.0. The summed E-state index contributed by atoms with van der Waals surface area (Å²) in [5.74, 6) is 1.59. The van der Waals surface area contributed by atoms with Crippen LogP contribution >= 0.6 is 23.1 Å². The molecule has 2 aromatic heterocycles. The number of hydrogen-bond donors (Lipinski definition) is 2. The van der Waals surface area contributed by atoms with E-state index < -0.39 is 7.14 Å². The molecule has 2 N–H and O–H groups in total. The number of likely N-dealkylation sites (N-methyl/N-ethyl adjacent to an activating group) is 1. The maximum atomic E-state index is 13.4. The van der Waals surface area contributed by atoms with Crippen molar-refractivity contribution in [3.8, 4) is 5.75 Å². The molecule has 0 amide bonds. The Bertz CT molecular complexity index is 1800. The summed E-state index contributed by atoms with van der Waals surface area (Å²) in [6, 6.07) is 8.53. The largest absolute Gasteiger partial charge is 0.495 e. The summed E-state index contributed by atoms with van der Waals surface area (Å²) in [6.07, 6.45) is 9.08. The second-order valence-corrected chi connectivity index (χ2v) is 17.0. The van der Waals surface area contributed by atoms with E-state index in [2.05, 4.69) is 77.4 Å². The van der Waals surface area contributed by atoms with Crippen LogP contribution in [0.3, 0.4) is 0 Å². The minimum Gasteiger partial charge on any atom is -0.495 e. The highest BCUT2D eigenvalue weighted by atomic mass is 79.9. The monoisotopic (exact) mass is 722 g/mol. The Hall–Kier alpha value is -3.15. The predicted octanol–water partition coefficient (Wildman–Crippen LogP) is 6.27. The molecule has 0 bridgehead atoms. The molecule has 2 fully saturated rings. The number of halogens is 1. The highest BCUT2D eigenvalue weighted by Crippen LogP contribution is 2.46. The Morgan fingerprint density at radius 2 is 1.70 bits per heavy atom. The SMILES string of the molecule is COc1cc(C2(OC)CCC(N3CCN(C)CC3)CC2)c(C)cc1Nc1ncc(Br)c(Nc2ccc3nccnc3c2P(C)(C)=O)n1. The molecule has 1 saturated heterocycles. The van der Waals surface area contributed by atoms with E-state index in [1.54, 1.807) is 39.0 Å². The van der Waals surface area contributed by atoms with E-state index in [-0.39, 0.29) is 5.60 Å². The van der Waals surface area contributed by atoms with Gasteiger partial charge >= 0.3 is 0 Å². The first-order valence-electron chi connectivity index (χ1n) is 16.0. The van der Waals surface area contributed by atoms with Gasteiger partial charge in [-0.05, 0) is 104 Å². The van der Waals surface area contributed by atoms with Gasteiger partial charge in [0.2, 0.25) is 5.95 Å². The zero-order valence-corrected chi connectivity index (χ0v) is 30.5. The van der Waals surface area contributed by atoms with E-state index in [1.165, 1.54) is 0 Å². The van der Waals surface area contributed by atoms with Crippen LogP contribution in [0.25, 0.3) is 11.0 Å². The first-order valence-corrected chi connectivity index (χ1v) is 19.4. The average Bonchev–Trinajstić information content (AvgIpc) is 3.06. The molecule has 3 heterocycles. The number of ether oxygens (including phenoxy) is 2. The van der Waals surface area contributed by atoms with Crippen molar-refractivity contribution in [2.45, 2.75) is 44.2 Å². The van der Waals surface area contributed by atoms with Crippen molar-refractivity contribution in [3.05, 3.63) is 58.5 Å². The number of rotatable bonds is 9. The third kappa shape index (κ3) is 7.03. The Balaban J connectivity index is 1.24. The van der Waals surface area contributed by atoms with Crippen molar-refractivity contribution in [2.75, 3.05) is 71.4 Å². The topological polar surface area (TPSA) is 118 Å². The number of fused-ring (bicyclic) bond motifs is 1. The summed E-state index contributed by atoms with van der Waals surface area (Å²) in [6.45, 7) is 10.1. The molecule has 2 aromatic carbocycles. The Morgan fingerprint density at radius 3 is 2.38 bits per heavy atom. The van der Waals surface area contributed by atoms with Gasteiger partial charge in [-0.15, -0.1) is 0 Å². The van der Waals surface area contributed by atoms with Gasteiger partial charge in [0.05, 0.1) is 39.4 Å². The molecular weight excluding hydrogens is 679 g/mol. The first kappa shape index (κ1) is 33.7. The maximum absolute atomic E-state index is 13.4. The number of anilines is 4. The van der Waals surface area contributed by atoms with Crippen molar-refractivity contribution >= 4 is 62.6 Å². The molecule has 1 aliphatic carbocycles. The van der Waals surface area contributed by atoms with Gasteiger partial charge in [0.25, 0.3) is 0 Å². The molecule has 0 spiro atoms. The lowest BCUT2D eigenvalue weighted by Gasteiger charge is -2.45. The highest BCUT2D eigenvalue weighted by molar-refractivity contribution is 9.10. The quantitative estimate of drug-likeness (QED) is 0.191. The molecule has 4 aromatic rings. The number of aryl methyl sites for hydroxylation is 1. The number of aromatic nitrogens is 4. The Labute approximate surface area is 285 Å². The molecular formula is C34H44BrN8O3P. The van der Waals surface area contributed by atoms with Crippen LogP contribution in [0.5, 0.6) is 5.75 Å². The number of piperazine rings is 1. The predicted molar refractivity (Wildman–Crippen MR) is 193 cm³/mol. The molecule has 11 nitrogen and oxygen atoms in total. The molecule has 0 atom stereocenters. The van der Waals surface area contributed by atoms with Crippen molar-refractivity contribution < 1.29 is 14.0 Å². The summed E-state index contributed by atoms with van der Waals surface area (Å²) in [4.78, 5) is 23.3. The van der Waals surface area contributed by atoms with Gasteiger partial charge in [0, 0.05) is 57.9 Å². The zero-order chi connectivity index (χ0) is 33.3. The summed E-state index contributed by atoms with van der Waals surface area (Å²) in [7, 11) is 2.97. The van der Waals surface area contributed by atoms with Gasteiger partial charge in [-0.3, -0.25) is 14.9 Å². The van der Waals surface area contributed by atoms with E-state index in [0.29, 0.717) is 50.1 Å². The third-order valence-corrected chi connectivity index (χ3v) is 11.8. The molecule has 6 rings (SSSR count). The zero-order valence-electron chi connectivity index (χ0n) is 28.0. The van der Waals surface area contributed by atoms with Gasteiger partial charge < -0.3 is 29.6 Å². The normalized spacial score (nSPS) is 21.1. The van der Waals surface area contributed by atoms with Crippen LogP contribution in [0.15, 0.2) is 47.3 Å². The van der Waals surface area contributed by atoms with Crippen LogP contribution < -0.4 is 20.7 Å². The lowest BCUT2D eigenvalue weighted by Crippen LogP contribution is -2.51. The van der Waals surface area contributed by atoms with Crippen LogP contribution in [0.2, 0.25) is 0 Å². The van der Waals surface area contributed by atoms with Crippen molar-refractivity contribution in [1.82, 2.24) is 29.7 Å². The van der Waals surface area contributed by atoms with Gasteiger partial charge in [0.1, 0.15) is 24.2 Å². The van der Waals surface area contributed by atoms with Crippen LogP contribution in [0.4, 0.5) is 23.1 Å². The third-order valence-electron chi connectivity index (χ3n) is 9.64. The lowest BCUT2D eigenvalue weighted by atomic mass is 9.75. The van der Waals surface area contributed by atoms with Crippen LogP contribution in [-0.4, -0.2) is 96.6 Å². The molecule has 1 aliphatic heterocycles. The van der Waals surface area contributed by atoms with Crippen molar-refractivity contribution in [3.63, 3.8) is 0 Å². The van der Waals surface area contributed by atoms with Crippen LogP contribution in [0, 0.1) is 6.92 Å². The Morgan fingerprint density at radius 1 is 0.979 bits per heavy atom. The molecule has 250 valence electrons. The van der Waals surface area contributed by atoms with Crippen LogP contribution in [-0.2, 0) is 14.9 Å². The van der Waals surface area contributed by atoms with Crippen LogP contribution in [0.1, 0.15) is 36.8 Å². The standard InChI is InChI=1S/C34H44BrN8O3P/c1-22-19-28(29(45-3)20-24(22)34(46-4)11-9-23(10-12-34)43-17-15-42(2)16-18-43)40-33-38-21-25(35)32(41-33)39-27-8-7-26-30(37-14-13-36-26)31(27)47(5,6)44/h7-8,13-14,19-21,23H,9-12,15-18H2,1-6H3,(H2,38,39,40,41). The first-order chi connectivity index (χ1) is 22.5. The maximum Gasteiger partial charge on any atom is 0.229 e. The number of hydrogen-bond acceptors (Lipinski definition) is 11. The molecule has 2 aliphatic rings. The molecule has 1 saturated carbocycles. The summed E-state index contributed by atoms with van der Waals surface area (Å²) in [5, 5.41) is 7.36.